The van der Waals surface area contributed by atoms with Crippen LogP contribution in [0.1, 0.15) is 18.4 Å². The zero-order valence-corrected chi connectivity index (χ0v) is 24.5. The van der Waals surface area contributed by atoms with Crippen LogP contribution in [-0.4, -0.2) is 85.8 Å². The predicted molar refractivity (Wildman–Crippen MR) is 165 cm³/mol. The number of nitrogens with one attached hydrogen (secondary N) is 3. The molecule has 0 atom stereocenters. The number of piperazine rings is 1. The number of ether oxygens (including phenoxy) is 1. The molecule has 0 amide bonds. The van der Waals surface area contributed by atoms with Gasteiger partial charge in [0.15, 0.2) is 5.82 Å². The topological polar surface area (TPSA) is 80.8 Å². The van der Waals surface area contributed by atoms with E-state index >= 15 is 0 Å². The number of piperidine rings is 1. The SMILES string of the molecule is COc1cc(N2CCC(N3CCN(C)CC3)CC2)c(Cl)cc1Nc1ncc(Cl)c(Nc2ccc3c(c2)NCC3)n1. The highest BCUT2D eigenvalue weighted by molar-refractivity contribution is 6.34. The number of hydrogen-bond acceptors (Lipinski definition) is 9. The van der Waals surface area contributed by atoms with E-state index in [1.165, 1.54) is 5.56 Å². The van der Waals surface area contributed by atoms with Crippen LogP contribution < -0.4 is 25.6 Å². The van der Waals surface area contributed by atoms with E-state index < -0.39 is 0 Å². The predicted octanol–water partition coefficient (Wildman–Crippen LogP) is 5.46. The van der Waals surface area contributed by atoms with Crippen molar-refractivity contribution in [1.82, 2.24) is 19.8 Å². The van der Waals surface area contributed by atoms with E-state index in [9.17, 15) is 0 Å². The van der Waals surface area contributed by atoms with Gasteiger partial charge in [-0.3, -0.25) is 4.90 Å². The average molecular weight is 584 g/mol. The van der Waals surface area contributed by atoms with E-state index in [4.69, 9.17) is 27.9 Å². The molecule has 0 unspecified atom stereocenters. The first kappa shape index (κ1) is 27.2. The molecule has 212 valence electrons. The number of nitrogens with zero attached hydrogens (tertiary/aromatic N) is 5. The lowest BCUT2D eigenvalue weighted by molar-refractivity contribution is 0.0982. The summed E-state index contributed by atoms with van der Waals surface area (Å²) in [7, 11) is 3.87. The summed E-state index contributed by atoms with van der Waals surface area (Å²) in [4.78, 5) is 16.4. The Bertz CT molecular complexity index is 1360. The lowest BCUT2D eigenvalue weighted by atomic mass is 10.0. The molecule has 3 N–H and O–H groups in total. The van der Waals surface area contributed by atoms with Crippen LogP contribution in [0.5, 0.6) is 5.75 Å². The highest BCUT2D eigenvalue weighted by Crippen LogP contribution is 2.39. The highest BCUT2D eigenvalue weighted by Gasteiger charge is 2.28. The van der Waals surface area contributed by atoms with Crippen molar-refractivity contribution < 1.29 is 4.74 Å². The minimum absolute atomic E-state index is 0.390. The standard InChI is InChI=1S/C29H36Cl2N8O/c1-37-11-13-38(14-12-37)21-6-9-39(10-7-21)26-17-27(40-2)25(16-22(26)30)35-29-33-18-23(31)28(36-29)34-20-4-3-19-5-8-32-24(19)15-20/h3-4,15-18,21,32H,5-14H2,1-2H3,(H2,33,34,35,36). The van der Waals surface area contributed by atoms with E-state index in [0.717, 1.165) is 82.1 Å². The van der Waals surface area contributed by atoms with Crippen LogP contribution in [0.4, 0.5) is 34.5 Å². The Morgan fingerprint density at radius 2 is 1.77 bits per heavy atom. The monoisotopic (exact) mass is 582 g/mol. The average Bonchev–Trinajstić information content (AvgIpc) is 3.44. The summed E-state index contributed by atoms with van der Waals surface area (Å²) in [5.74, 6) is 1.58. The number of benzene rings is 2. The zero-order chi connectivity index (χ0) is 27.6. The maximum Gasteiger partial charge on any atom is 0.229 e. The second kappa shape index (κ2) is 11.9. The van der Waals surface area contributed by atoms with E-state index in [-0.39, 0.29) is 0 Å². The minimum atomic E-state index is 0.390. The lowest BCUT2D eigenvalue weighted by Gasteiger charge is -2.42. The molecule has 3 aliphatic heterocycles. The summed E-state index contributed by atoms with van der Waals surface area (Å²) in [6.45, 7) is 7.52. The molecule has 4 heterocycles. The molecule has 3 aromatic rings. The third-order valence-corrected chi connectivity index (χ3v) is 8.78. The minimum Gasteiger partial charge on any atom is -0.494 e. The first-order valence-electron chi connectivity index (χ1n) is 14.0. The smallest absolute Gasteiger partial charge is 0.229 e. The summed E-state index contributed by atoms with van der Waals surface area (Å²) < 4.78 is 5.76. The molecule has 11 heteroatoms. The molecule has 2 fully saturated rings. The molecular formula is C29H36Cl2N8O. The second-order valence-corrected chi connectivity index (χ2v) is 11.6. The summed E-state index contributed by atoms with van der Waals surface area (Å²) in [5.41, 5.74) is 5.04. The molecule has 0 aliphatic carbocycles. The van der Waals surface area contributed by atoms with Gasteiger partial charge in [0, 0.05) is 69.3 Å². The first-order valence-corrected chi connectivity index (χ1v) is 14.7. The van der Waals surface area contributed by atoms with E-state index in [1.54, 1.807) is 13.3 Å². The van der Waals surface area contributed by atoms with Gasteiger partial charge in [-0.25, -0.2) is 4.98 Å². The molecular weight excluding hydrogens is 547 g/mol. The number of hydrogen-bond donors (Lipinski definition) is 3. The quantitative estimate of drug-likeness (QED) is 0.336. The van der Waals surface area contributed by atoms with Gasteiger partial charge in [0.1, 0.15) is 10.8 Å². The van der Waals surface area contributed by atoms with Gasteiger partial charge in [0.25, 0.3) is 0 Å². The van der Waals surface area contributed by atoms with Gasteiger partial charge < -0.3 is 30.5 Å². The fourth-order valence-corrected chi connectivity index (χ4v) is 6.27. The van der Waals surface area contributed by atoms with E-state index in [0.29, 0.717) is 39.3 Å². The van der Waals surface area contributed by atoms with Gasteiger partial charge >= 0.3 is 0 Å². The molecule has 0 bridgehead atoms. The normalized spacial score (nSPS) is 18.4. The Kier molecular flexibility index (Phi) is 8.07. The van der Waals surface area contributed by atoms with Crippen molar-refractivity contribution in [2.45, 2.75) is 25.3 Å². The number of anilines is 6. The molecule has 9 nitrogen and oxygen atoms in total. The van der Waals surface area contributed by atoms with Gasteiger partial charge in [-0.05, 0) is 50.1 Å². The lowest BCUT2D eigenvalue weighted by Crippen LogP contribution is -2.52. The molecule has 2 aromatic carbocycles. The third kappa shape index (κ3) is 5.88. The second-order valence-electron chi connectivity index (χ2n) is 10.8. The number of fused-ring (bicyclic) bond motifs is 1. The van der Waals surface area contributed by atoms with E-state index in [2.05, 4.69) is 59.8 Å². The Morgan fingerprint density at radius 1 is 0.975 bits per heavy atom. The van der Waals surface area contributed by atoms with Gasteiger partial charge in [-0.1, -0.05) is 29.3 Å². The van der Waals surface area contributed by atoms with Crippen molar-refractivity contribution in [3.63, 3.8) is 0 Å². The Labute approximate surface area is 245 Å². The summed E-state index contributed by atoms with van der Waals surface area (Å²) >= 11 is 13.3. The highest BCUT2D eigenvalue weighted by atomic mass is 35.5. The fraction of sp³-hybridized carbons (Fsp3) is 0.448. The molecule has 2 saturated heterocycles. The zero-order valence-electron chi connectivity index (χ0n) is 23.0. The first-order chi connectivity index (χ1) is 19.5. The molecule has 0 spiro atoms. The van der Waals surface area contributed by atoms with Crippen molar-refractivity contribution in [3.8, 4) is 5.75 Å². The van der Waals surface area contributed by atoms with Crippen LogP contribution in [0.25, 0.3) is 0 Å². The van der Waals surface area contributed by atoms with Crippen molar-refractivity contribution in [2.75, 3.05) is 80.8 Å². The maximum atomic E-state index is 6.84. The van der Waals surface area contributed by atoms with Crippen LogP contribution in [0, 0.1) is 0 Å². The summed E-state index contributed by atoms with van der Waals surface area (Å²) in [6, 6.07) is 10.8. The molecule has 3 aliphatic rings. The summed E-state index contributed by atoms with van der Waals surface area (Å²) in [6.07, 6.45) is 4.89. The number of aromatic nitrogens is 2. The molecule has 0 saturated carbocycles. The Morgan fingerprint density at radius 3 is 2.55 bits per heavy atom. The van der Waals surface area contributed by atoms with Crippen LogP contribution >= 0.6 is 23.2 Å². The van der Waals surface area contributed by atoms with Crippen molar-refractivity contribution in [2.24, 2.45) is 0 Å². The number of methoxy groups -OCH3 is 1. The van der Waals surface area contributed by atoms with Crippen LogP contribution in [0.3, 0.4) is 0 Å². The van der Waals surface area contributed by atoms with E-state index in [1.807, 2.05) is 18.2 Å². The molecule has 6 rings (SSSR count). The van der Waals surface area contributed by atoms with Crippen LogP contribution in [-0.2, 0) is 6.42 Å². The third-order valence-electron chi connectivity index (χ3n) is 8.20. The largest absolute Gasteiger partial charge is 0.494 e. The number of halogens is 2. The van der Waals surface area contributed by atoms with Gasteiger partial charge in [-0.2, -0.15) is 4.98 Å². The van der Waals surface area contributed by atoms with Crippen LogP contribution in [0.2, 0.25) is 10.0 Å². The number of likely N-dealkylation sites (N-methyl/N-ethyl adjacent to an activating group) is 1. The summed E-state index contributed by atoms with van der Waals surface area (Å²) in [5, 5.41) is 11.1. The van der Waals surface area contributed by atoms with Crippen molar-refractivity contribution in [3.05, 3.63) is 52.1 Å². The molecule has 0 radical (unpaired) electrons. The number of rotatable bonds is 7. The Balaban J connectivity index is 1.14. The van der Waals surface area contributed by atoms with Crippen LogP contribution in [0.15, 0.2) is 36.5 Å². The fourth-order valence-electron chi connectivity index (χ4n) is 5.85. The molecule has 1 aromatic heterocycles. The Hall–Kier alpha value is -2.98. The maximum absolute atomic E-state index is 6.84. The van der Waals surface area contributed by atoms with Gasteiger partial charge in [-0.15, -0.1) is 0 Å². The van der Waals surface area contributed by atoms with Gasteiger partial charge in [0.2, 0.25) is 5.95 Å². The van der Waals surface area contributed by atoms with Gasteiger partial charge in [0.05, 0.1) is 29.7 Å². The molecule has 40 heavy (non-hydrogen) atoms. The van der Waals surface area contributed by atoms with Crippen molar-refractivity contribution >= 4 is 57.7 Å². The van der Waals surface area contributed by atoms with Crippen molar-refractivity contribution in [1.29, 1.82) is 0 Å².